The largest absolute Gasteiger partial charge is 0.462 e. The Morgan fingerprint density at radius 2 is 1.83 bits per heavy atom. The lowest BCUT2D eigenvalue weighted by Crippen LogP contribution is -2.21. The van der Waals surface area contributed by atoms with Gasteiger partial charge < -0.3 is 14.8 Å². The lowest BCUT2D eigenvalue weighted by molar-refractivity contribution is -0.119. The third-order valence-electron chi connectivity index (χ3n) is 3.85. The van der Waals surface area contributed by atoms with Gasteiger partial charge in [0.2, 0.25) is 0 Å². The maximum Gasteiger partial charge on any atom is 0.341 e. The number of carbonyl (C=O) groups is 3. The fourth-order valence-corrected chi connectivity index (χ4v) is 2.50. The van der Waals surface area contributed by atoms with E-state index in [-0.39, 0.29) is 28.4 Å². The van der Waals surface area contributed by atoms with Gasteiger partial charge in [-0.1, -0.05) is 24.9 Å². The molecule has 0 radical (unpaired) electrons. The Morgan fingerprint density at radius 1 is 1.10 bits per heavy atom. The Kier molecular flexibility index (Phi) is 8.32. The van der Waals surface area contributed by atoms with Crippen molar-refractivity contribution in [1.29, 1.82) is 5.26 Å². The summed E-state index contributed by atoms with van der Waals surface area (Å²) < 4.78 is 23.7. The minimum atomic E-state index is -1.05. The van der Waals surface area contributed by atoms with Crippen molar-refractivity contribution in [3.63, 3.8) is 0 Å². The van der Waals surface area contributed by atoms with Crippen LogP contribution in [0.5, 0.6) is 0 Å². The first-order valence-electron chi connectivity index (χ1n) is 8.99. The Morgan fingerprint density at radius 3 is 2.50 bits per heavy atom. The topological polar surface area (TPSA) is 105 Å². The number of nitrogens with one attached hydrogen (secondary N) is 1. The summed E-state index contributed by atoms with van der Waals surface area (Å²) in [5.41, 5.74) is -0.0198. The molecule has 0 saturated heterocycles. The highest BCUT2D eigenvalue weighted by molar-refractivity contribution is 6.33. The molecule has 0 atom stereocenters. The van der Waals surface area contributed by atoms with Crippen LogP contribution >= 0.6 is 11.6 Å². The highest BCUT2D eigenvalue weighted by Crippen LogP contribution is 2.22. The number of anilines is 1. The molecule has 0 spiro atoms. The summed E-state index contributed by atoms with van der Waals surface area (Å²) >= 11 is 6.01. The molecule has 2 aromatic carbocycles. The monoisotopic (exact) mass is 432 g/mol. The lowest BCUT2D eigenvalue weighted by Gasteiger charge is -2.10. The fourth-order valence-electron chi connectivity index (χ4n) is 2.30. The summed E-state index contributed by atoms with van der Waals surface area (Å²) in [6.45, 7) is 1.53. The van der Waals surface area contributed by atoms with Crippen molar-refractivity contribution >= 4 is 35.1 Å². The number of hydrogen-bond donors (Lipinski definition) is 1. The Labute approximate surface area is 177 Å². The van der Waals surface area contributed by atoms with Crippen LogP contribution in [0.15, 0.2) is 36.4 Å². The molecule has 0 aromatic heterocycles. The number of nitrogens with zero attached hydrogens (tertiary/aromatic N) is 1. The van der Waals surface area contributed by atoms with Crippen LogP contribution < -0.4 is 5.32 Å². The van der Waals surface area contributed by atoms with Gasteiger partial charge in [-0.3, -0.25) is 4.79 Å². The zero-order chi connectivity index (χ0) is 22.1. The van der Waals surface area contributed by atoms with Gasteiger partial charge in [-0.05, 0) is 42.8 Å². The molecule has 0 aliphatic carbocycles. The highest BCUT2D eigenvalue weighted by Gasteiger charge is 2.17. The number of esters is 2. The summed E-state index contributed by atoms with van der Waals surface area (Å²) in [6, 6.07) is 9.23. The summed E-state index contributed by atoms with van der Waals surface area (Å²) in [4.78, 5) is 36.1. The van der Waals surface area contributed by atoms with Gasteiger partial charge in [0.1, 0.15) is 5.82 Å². The molecule has 1 N–H and O–H groups in total. The number of amides is 1. The minimum absolute atomic E-state index is 0.0496. The van der Waals surface area contributed by atoms with Crippen molar-refractivity contribution in [2.45, 2.75) is 19.8 Å². The van der Waals surface area contributed by atoms with Crippen molar-refractivity contribution in [3.8, 4) is 6.07 Å². The molecule has 30 heavy (non-hydrogen) atoms. The van der Waals surface area contributed by atoms with E-state index in [9.17, 15) is 18.8 Å². The average molecular weight is 433 g/mol. The molecule has 2 rings (SSSR count). The van der Waals surface area contributed by atoms with Crippen molar-refractivity contribution in [3.05, 3.63) is 63.9 Å². The van der Waals surface area contributed by atoms with E-state index < -0.39 is 35.8 Å². The summed E-state index contributed by atoms with van der Waals surface area (Å²) in [7, 11) is 0. The van der Waals surface area contributed by atoms with Gasteiger partial charge >= 0.3 is 11.9 Å². The number of benzene rings is 2. The van der Waals surface area contributed by atoms with Gasteiger partial charge in [0.15, 0.2) is 6.61 Å². The van der Waals surface area contributed by atoms with E-state index in [1.54, 1.807) is 6.07 Å². The van der Waals surface area contributed by atoms with Gasteiger partial charge in [0.25, 0.3) is 5.91 Å². The van der Waals surface area contributed by atoms with E-state index in [4.69, 9.17) is 26.3 Å². The minimum Gasteiger partial charge on any atom is -0.462 e. The smallest absolute Gasteiger partial charge is 0.341 e. The lowest BCUT2D eigenvalue weighted by atomic mass is 10.1. The van der Waals surface area contributed by atoms with Crippen molar-refractivity contribution in [2.24, 2.45) is 0 Å². The first kappa shape index (κ1) is 22.8. The second kappa shape index (κ2) is 10.9. The van der Waals surface area contributed by atoms with E-state index >= 15 is 0 Å². The predicted octanol–water partition coefficient (Wildman–Crippen LogP) is 4.10. The third-order valence-corrected chi connectivity index (χ3v) is 4.18. The van der Waals surface area contributed by atoms with Crippen molar-refractivity contribution < 1.29 is 28.2 Å². The summed E-state index contributed by atoms with van der Waals surface area (Å²) in [5, 5.41) is 11.3. The van der Waals surface area contributed by atoms with Gasteiger partial charge in [-0.2, -0.15) is 5.26 Å². The Bertz CT molecular complexity index is 1000. The summed E-state index contributed by atoms with van der Waals surface area (Å²) in [5.74, 6) is -3.30. The maximum atomic E-state index is 13.8. The molecule has 1 amide bonds. The van der Waals surface area contributed by atoms with Gasteiger partial charge in [0, 0.05) is 5.69 Å². The standard InChI is InChI=1S/C21H18ClFN2O5/c1-2-3-8-29-21(28)16-10-14(5-7-17(16)22)25-19(26)12-30-20(27)15-6-4-13(11-24)9-18(15)23/h4-7,9-10H,2-3,8,12H2,1H3,(H,25,26). The van der Waals surface area contributed by atoms with Gasteiger partial charge in [-0.15, -0.1) is 0 Å². The van der Waals surface area contributed by atoms with E-state index in [0.717, 1.165) is 18.6 Å². The van der Waals surface area contributed by atoms with E-state index in [1.165, 1.54) is 24.3 Å². The average Bonchev–Trinajstić information content (AvgIpc) is 2.73. The van der Waals surface area contributed by atoms with E-state index in [2.05, 4.69) is 5.32 Å². The zero-order valence-electron chi connectivity index (χ0n) is 16.0. The molecule has 0 aliphatic heterocycles. The molecule has 0 unspecified atom stereocenters. The number of halogens is 2. The van der Waals surface area contributed by atoms with Crippen LogP contribution in [0.2, 0.25) is 5.02 Å². The molecule has 9 heteroatoms. The fraction of sp³-hybridized carbons (Fsp3) is 0.238. The second-order valence-corrected chi connectivity index (χ2v) is 6.52. The normalized spacial score (nSPS) is 10.1. The molecule has 7 nitrogen and oxygen atoms in total. The van der Waals surface area contributed by atoms with Crippen LogP contribution in [0.4, 0.5) is 10.1 Å². The molecule has 0 fully saturated rings. The predicted molar refractivity (Wildman–Crippen MR) is 107 cm³/mol. The number of nitriles is 1. The van der Waals surface area contributed by atoms with Crippen LogP contribution in [0.25, 0.3) is 0 Å². The SMILES string of the molecule is CCCCOC(=O)c1cc(NC(=O)COC(=O)c2ccc(C#N)cc2F)ccc1Cl. The molecule has 0 aliphatic rings. The first-order chi connectivity index (χ1) is 14.3. The molecule has 156 valence electrons. The quantitative estimate of drug-likeness (QED) is 0.497. The van der Waals surface area contributed by atoms with Crippen LogP contribution in [-0.2, 0) is 14.3 Å². The number of hydrogen-bond acceptors (Lipinski definition) is 6. The zero-order valence-corrected chi connectivity index (χ0v) is 16.8. The summed E-state index contributed by atoms with van der Waals surface area (Å²) in [6.07, 6.45) is 1.58. The van der Waals surface area contributed by atoms with Crippen LogP contribution in [0, 0.1) is 17.1 Å². The van der Waals surface area contributed by atoms with Crippen molar-refractivity contribution in [1.82, 2.24) is 0 Å². The van der Waals surface area contributed by atoms with Crippen LogP contribution in [0.3, 0.4) is 0 Å². The maximum absolute atomic E-state index is 13.8. The third kappa shape index (κ3) is 6.29. The molecular formula is C21H18ClFN2O5. The molecule has 2 aromatic rings. The number of carbonyl (C=O) groups excluding carboxylic acids is 3. The number of rotatable bonds is 8. The molecule has 0 bridgehead atoms. The number of unbranched alkanes of at least 4 members (excludes halogenated alkanes) is 1. The van der Waals surface area contributed by atoms with Crippen LogP contribution in [-0.4, -0.2) is 31.1 Å². The Balaban J connectivity index is 1.96. The molecule has 0 saturated carbocycles. The van der Waals surface area contributed by atoms with Gasteiger partial charge in [0.05, 0.1) is 34.4 Å². The second-order valence-electron chi connectivity index (χ2n) is 6.11. The molecule has 0 heterocycles. The number of ether oxygens (including phenoxy) is 2. The van der Waals surface area contributed by atoms with E-state index in [0.29, 0.717) is 6.42 Å². The van der Waals surface area contributed by atoms with E-state index in [1.807, 2.05) is 6.92 Å². The van der Waals surface area contributed by atoms with Crippen LogP contribution in [0.1, 0.15) is 46.0 Å². The van der Waals surface area contributed by atoms with Crippen molar-refractivity contribution in [2.75, 3.05) is 18.5 Å². The highest BCUT2D eigenvalue weighted by atomic mass is 35.5. The van der Waals surface area contributed by atoms with Gasteiger partial charge in [-0.25, -0.2) is 14.0 Å². The Hall–Kier alpha value is -3.44. The molecular weight excluding hydrogens is 415 g/mol. The first-order valence-corrected chi connectivity index (χ1v) is 9.36.